The Morgan fingerprint density at radius 3 is 2.58 bits per heavy atom. The lowest BCUT2D eigenvalue weighted by atomic mass is 9.57. The molecule has 0 atom stereocenters. The van der Waals surface area contributed by atoms with Gasteiger partial charge in [0, 0.05) is 36.3 Å². The second kappa shape index (κ2) is 7.75. The molecule has 166 valence electrons. The Morgan fingerprint density at radius 1 is 1.23 bits per heavy atom. The van der Waals surface area contributed by atoms with Crippen molar-refractivity contribution in [2.45, 2.75) is 46.1 Å². The number of halogens is 1. The maximum Gasteiger partial charge on any atom is 0.234 e. The van der Waals surface area contributed by atoms with E-state index >= 15 is 0 Å². The van der Waals surface area contributed by atoms with Crippen LogP contribution in [0.3, 0.4) is 0 Å². The minimum atomic E-state index is -0.330. The van der Waals surface area contributed by atoms with E-state index < -0.39 is 0 Å². The summed E-state index contributed by atoms with van der Waals surface area (Å²) >= 11 is 0. The first-order valence-corrected chi connectivity index (χ1v) is 10.7. The number of aryl methyl sites for hydroxylation is 1. The first-order chi connectivity index (χ1) is 14.5. The van der Waals surface area contributed by atoms with Crippen molar-refractivity contribution in [1.29, 1.82) is 0 Å². The van der Waals surface area contributed by atoms with Crippen molar-refractivity contribution in [2.24, 2.45) is 11.3 Å². The number of carbonyl (C=O) groups is 2. The van der Waals surface area contributed by atoms with Crippen molar-refractivity contribution in [2.75, 3.05) is 25.0 Å². The quantitative estimate of drug-likeness (QED) is 0.769. The van der Waals surface area contributed by atoms with Gasteiger partial charge in [-0.15, -0.1) is 5.10 Å². The van der Waals surface area contributed by atoms with Crippen LogP contribution in [0.1, 0.15) is 39.3 Å². The number of rotatable bonds is 5. The molecule has 4 rings (SSSR count). The zero-order valence-electron chi connectivity index (χ0n) is 18.5. The third kappa shape index (κ3) is 4.79. The maximum absolute atomic E-state index is 13.5. The van der Waals surface area contributed by atoms with Crippen LogP contribution in [-0.2, 0) is 9.59 Å². The fourth-order valence-corrected chi connectivity index (χ4v) is 4.74. The standard InChI is InChI=1S/C23H30FN5O2/c1-15-8-19(27-29(15)18-7-5-6-17(24)9-18)25-21(31)16-10-23(11-16)13-28(14-23)12-20(30)26-22(2,3)4/h5-9,16H,10-14H2,1-4H3,(H,26,30)(H,25,27,31). The minimum Gasteiger partial charge on any atom is -0.350 e. The highest BCUT2D eigenvalue weighted by atomic mass is 19.1. The van der Waals surface area contributed by atoms with Gasteiger partial charge in [-0.1, -0.05) is 6.07 Å². The Bertz CT molecular complexity index is 996. The van der Waals surface area contributed by atoms with Crippen molar-refractivity contribution in [1.82, 2.24) is 20.0 Å². The minimum absolute atomic E-state index is 0.0292. The van der Waals surface area contributed by atoms with Gasteiger partial charge in [-0.05, 0) is 64.2 Å². The van der Waals surface area contributed by atoms with Gasteiger partial charge in [-0.25, -0.2) is 9.07 Å². The highest BCUT2D eigenvalue weighted by Gasteiger charge is 2.54. The summed E-state index contributed by atoms with van der Waals surface area (Å²) in [5, 5.41) is 10.3. The van der Waals surface area contributed by atoms with Crippen LogP contribution in [0.2, 0.25) is 0 Å². The summed E-state index contributed by atoms with van der Waals surface area (Å²) in [6.45, 7) is 9.92. The lowest BCUT2D eigenvalue weighted by Crippen LogP contribution is -2.65. The number of anilines is 1. The van der Waals surface area contributed by atoms with Crippen molar-refractivity contribution >= 4 is 17.6 Å². The summed E-state index contributed by atoms with van der Waals surface area (Å²) in [7, 11) is 0. The third-order valence-electron chi connectivity index (χ3n) is 5.92. The molecule has 7 nitrogen and oxygen atoms in total. The smallest absolute Gasteiger partial charge is 0.234 e. The number of hydrogen-bond donors (Lipinski definition) is 2. The SMILES string of the molecule is Cc1cc(NC(=O)C2CC3(C2)CN(CC(=O)NC(C)(C)C)C3)nn1-c1cccc(F)c1. The number of amides is 2. The van der Waals surface area contributed by atoms with Gasteiger partial charge in [0.2, 0.25) is 11.8 Å². The lowest BCUT2D eigenvalue weighted by molar-refractivity contribution is -0.144. The molecule has 0 unspecified atom stereocenters. The zero-order chi connectivity index (χ0) is 22.4. The van der Waals surface area contributed by atoms with E-state index in [1.54, 1.807) is 22.9 Å². The predicted octanol–water partition coefficient (Wildman–Crippen LogP) is 2.89. The van der Waals surface area contributed by atoms with Gasteiger partial charge in [0.05, 0.1) is 12.2 Å². The highest BCUT2D eigenvalue weighted by Crippen LogP contribution is 2.52. The summed E-state index contributed by atoms with van der Waals surface area (Å²) in [6, 6.07) is 7.98. The number of nitrogens with zero attached hydrogens (tertiary/aromatic N) is 3. The number of benzene rings is 1. The number of likely N-dealkylation sites (tertiary alicyclic amines) is 1. The Morgan fingerprint density at radius 2 is 1.94 bits per heavy atom. The molecule has 1 aromatic carbocycles. The average Bonchev–Trinajstić information content (AvgIpc) is 2.94. The van der Waals surface area contributed by atoms with Crippen LogP contribution >= 0.6 is 0 Å². The fourth-order valence-electron chi connectivity index (χ4n) is 4.74. The monoisotopic (exact) mass is 427 g/mol. The predicted molar refractivity (Wildman–Crippen MR) is 116 cm³/mol. The van der Waals surface area contributed by atoms with Crippen molar-refractivity contribution in [3.05, 3.63) is 41.8 Å². The molecule has 2 N–H and O–H groups in total. The van der Waals surface area contributed by atoms with Crippen LogP contribution in [0, 0.1) is 24.1 Å². The normalized spacial score (nSPS) is 18.4. The number of nitrogens with one attached hydrogen (secondary N) is 2. The van der Waals surface area contributed by atoms with Crippen LogP contribution in [0.4, 0.5) is 10.2 Å². The van der Waals surface area contributed by atoms with E-state index in [0.29, 0.717) is 18.1 Å². The summed E-state index contributed by atoms with van der Waals surface area (Å²) in [5.74, 6) is 0.119. The first-order valence-electron chi connectivity index (χ1n) is 10.7. The molecular weight excluding hydrogens is 397 g/mol. The third-order valence-corrected chi connectivity index (χ3v) is 5.92. The molecule has 2 aliphatic rings. The molecule has 31 heavy (non-hydrogen) atoms. The summed E-state index contributed by atoms with van der Waals surface area (Å²) in [5.41, 5.74) is 1.37. The van der Waals surface area contributed by atoms with Gasteiger partial charge >= 0.3 is 0 Å². The average molecular weight is 428 g/mol. The Hall–Kier alpha value is -2.74. The second-order valence-corrected chi connectivity index (χ2v) is 10.1. The van der Waals surface area contributed by atoms with E-state index in [1.165, 1.54) is 12.1 Å². The summed E-state index contributed by atoms with van der Waals surface area (Å²) < 4.78 is 15.1. The van der Waals surface area contributed by atoms with Gasteiger partial charge in [0.25, 0.3) is 0 Å². The van der Waals surface area contributed by atoms with Crippen molar-refractivity contribution < 1.29 is 14.0 Å². The van der Waals surface area contributed by atoms with Gasteiger partial charge in [0.1, 0.15) is 5.82 Å². The fraction of sp³-hybridized carbons (Fsp3) is 0.522. The van der Waals surface area contributed by atoms with E-state index in [-0.39, 0.29) is 34.5 Å². The van der Waals surface area contributed by atoms with E-state index in [2.05, 4.69) is 20.6 Å². The Labute approximate surface area is 182 Å². The van der Waals surface area contributed by atoms with E-state index in [4.69, 9.17) is 0 Å². The molecule has 2 heterocycles. The largest absolute Gasteiger partial charge is 0.350 e. The van der Waals surface area contributed by atoms with E-state index in [9.17, 15) is 14.0 Å². The van der Waals surface area contributed by atoms with Crippen LogP contribution in [0.15, 0.2) is 30.3 Å². The second-order valence-electron chi connectivity index (χ2n) is 10.1. The molecule has 1 aliphatic heterocycles. The molecule has 0 radical (unpaired) electrons. The molecule has 2 aromatic rings. The van der Waals surface area contributed by atoms with Crippen molar-refractivity contribution in [3.63, 3.8) is 0 Å². The summed E-state index contributed by atoms with van der Waals surface area (Å²) in [6.07, 6.45) is 1.67. The van der Waals surface area contributed by atoms with Gasteiger partial charge in [0.15, 0.2) is 5.82 Å². The van der Waals surface area contributed by atoms with Gasteiger partial charge < -0.3 is 10.6 Å². The zero-order valence-corrected chi connectivity index (χ0v) is 18.5. The maximum atomic E-state index is 13.5. The molecule has 8 heteroatoms. The molecule has 0 bridgehead atoms. The van der Waals surface area contributed by atoms with Gasteiger partial charge in [-0.2, -0.15) is 0 Å². The number of aromatic nitrogens is 2. The number of carbonyl (C=O) groups excluding carboxylic acids is 2. The van der Waals surface area contributed by atoms with Crippen molar-refractivity contribution in [3.8, 4) is 5.69 Å². The summed E-state index contributed by atoms with van der Waals surface area (Å²) in [4.78, 5) is 26.8. The first kappa shape index (κ1) is 21.5. The molecule has 1 saturated carbocycles. The molecule has 1 aromatic heterocycles. The molecule has 1 aliphatic carbocycles. The molecule has 1 saturated heterocycles. The van der Waals surface area contributed by atoms with Crippen LogP contribution in [-0.4, -0.2) is 51.7 Å². The number of hydrogen-bond acceptors (Lipinski definition) is 4. The molecule has 2 amide bonds. The van der Waals surface area contributed by atoms with Crippen LogP contribution in [0.5, 0.6) is 0 Å². The molecule has 2 fully saturated rings. The molecular formula is C23H30FN5O2. The van der Waals surface area contributed by atoms with Gasteiger partial charge in [-0.3, -0.25) is 14.5 Å². The lowest BCUT2D eigenvalue weighted by Gasteiger charge is -2.58. The Kier molecular flexibility index (Phi) is 5.37. The topological polar surface area (TPSA) is 79.3 Å². The van der Waals surface area contributed by atoms with Crippen LogP contribution in [0.25, 0.3) is 5.69 Å². The van der Waals surface area contributed by atoms with E-state index in [0.717, 1.165) is 31.6 Å². The van der Waals surface area contributed by atoms with Crippen LogP contribution < -0.4 is 10.6 Å². The van der Waals surface area contributed by atoms with E-state index in [1.807, 2.05) is 27.7 Å². The highest BCUT2D eigenvalue weighted by molar-refractivity contribution is 5.92. The molecule has 1 spiro atoms. The Balaban J connectivity index is 1.26.